The highest BCUT2D eigenvalue weighted by molar-refractivity contribution is 8.18. The zero-order chi connectivity index (χ0) is 25.0. The second kappa shape index (κ2) is 10.7. The molecule has 0 aliphatic carbocycles. The smallest absolute Gasteiger partial charge is 0.344 e. The number of aliphatic hydroxyl groups excluding tert-OH is 1. The summed E-state index contributed by atoms with van der Waals surface area (Å²) in [5.74, 6) is -0.443. The SMILES string of the molecule is CCOC(=O)C1=C(O)/C(=C/c2cc(C(C)C)c(OC)cc2C)SC1=NC(=O)c1ccc(C)cc1. The molecule has 2 aromatic carbocycles. The van der Waals surface area contributed by atoms with Gasteiger partial charge in [-0.1, -0.05) is 43.3 Å². The van der Waals surface area contributed by atoms with E-state index in [0.717, 1.165) is 39.8 Å². The van der Waals surface area contributed by atoms with Crippen LogP contribution in [0.3, 0.4) is 0 Å². The van der Waals surface area contributed by atoms with Crippen LogP contribution in [0.4, 0.5) is 0 Å². The number of rotatable bonds is 6. The van der Waals surface area contributed by atoms with Gasteiger partial charge in [-0.15, -0.1) is 0 Å². The molecule has 178 valence electrons. The number of benzene rings is 2. The summed E-state index contributed by atoms with van der Waals surface area (Å²) in [5, 5.41) is 11.1. The van der Waals surface area contributed by atoms with Gasteiger partial charge in [-0.25, -0.2) is 9.79 Å². The monoisotopic (exact) mass is 479 g/mol. The maximum absolute atomic E-state index is 12.8. The third-order valence-electron chi connectivity index (χ3n) is 5.40. The van der Waals surface area contributed by atoms with Gasteiger partial charge < -0.3 is 14.6 Å². The molecular formula is C27H29NO5S. The summed E-state index contributed by atoms with van der Waals surface area (Å²) < 4.78 is 10.6. The average Bonchev–Trinajstić information content (AvgIpc) is 3.09. The first-order valence-corrected chi connectivity index (χ1v) is 11.9. The summed E-state index contributed by atoms with van der Waals surface area (Å²) in [5.41, 5.74) is 4.15. The number of aliphatic hydroxyl groups is 1. The fourth-order valence-electron chi connectivity index (χ4n) is 3.49. The molecule has 7 heteroatoms. The number of carbonyl (C=O) groups excluding carboxylic acids is 2. The Balaban J connectivity index is 2.07. The quantitative estimate of drug-likeness (QED) is 0.501. The lowest BCUT2D eigenvalue weighted by Crippen LogP contribution is -2.14. The largest absolute Gasteiger partial charge is 0.506 e. The van der Waals surface area contributed by atoms with Crippen molar-refractivity contribution in [2.45, 2.75) is 40.5 Å². The zero-order valence-electron chi connectivity index (χ0n) is 20.3. The van der Waals surface area contributed by atoms with Gasteiger partial charge in [0.05, 0.1) is 18.6 Å². The Morgan fingerprint density at radius 1 is 1.15 bits per heavy atom. The highest BCUT2D eigenvalue weighted by Gasteiger charge is 2.34. The van der Waals surface area contributed by atoms with Crippen LogP contribution in [0.2, 0.25) is 0 Å². The molecule has 2 aromatic rings. The van der Waals surface area contributed by atoms with Crippen LogP contribution in [0.15, 0.2) is 57.6 Å². The number of hydrogen-bond donors (Lipinski definition) is 1. The predicted octanol–water partition coefficient (Wildman–Crippen LogP) is 6.14. The van der Waals surface area contributed by atoms with Crippen LogP contribution >= 0.6 is 11.8 Å². The number of nitrogens with zero attached hydrogens (tertiary/aromatic N) is 1. The molecule has 0 saturated carbocycles. The summed E-state index contributed by atoms with van der Waals surface area (Å²) >= 11 is 1.07. The van der Waals surface area contributed by atoms with Crippen molar-refractivity contribution in [3.8, 4) is 5.75 Å². The van der Waals surface area contributed by atoms with Gasteiger partial charge in [-0.2, -0.15) is 0 Å². The van der Waals surface area contributed by atoms with Gasteiger partial charge in [0.1, 0.15) is 22.1 Å². The Bertz CT molecular complexity index is 1210. The molecule has 0 radical (unpaired) electrons. The van der Waals surface area contributed by atoms with E-state index in [2.05, 4.69) is 18.8 Å². The molecule has 0 saturated heterocycles. The van der Waals surface area contributed by atoms with Crippen molar-refractivity contribution in [2.75, 3.05) is 13.7 Å². The normalized spacial score (nSPS) is 16.0. The maximum Gasteiger partial charge on any atom is 0.344 e. The standard InChI is InChI=1S/C27H29NO5S/c1-7-33-27(31)23-24(29)22(14-19-13-20(15(2)3)21(32-6)12-17(19)5)34-26(23)28-25(30)18-10-8-16(4)9-11-18/h8-15,29H,7H2,1-6H3/b22-14-,28-26?. The molecule has 1 N–H and O–H groups in total. The second-order valence-electron chi connectivity index (χ2n) is 8.25. The molecule has 0 aromatic heterocycles. The van der Waals surface area contributed by atoms with Gasteiger partial charge in [0, 0.05) is 5.56 Å². The van der Waals surface area contributed by atoms with Crippen molar-refractivity contribution in [2.24, 2.45) is 4.99 Å². The van der Waals surface area contributed by atoms with Crippen molar-refractivity contribution in [3.05, 3.63) is 80.5 Å². The predicted molar refractivity (Wildman–Crippen MR) is 137 cm³/mol. The summed E-state index contributed by atoms with van der Waals surface area (Å²) in [4.78, 5) is 30.0. The van der Waals surface area contributed by atoms with E-state index in [1.165, 1.54) is 0 Å². The van der Waals surface area contributed by atoms with Crippen molar-refractivity contribution >= 4 is 34.8 Å². The Morgan fingerprint density at radius 2 is 1.82 bits per heavy atom. The summed E-state index contributed by atoms with van der Waals surface area (Å²) in [6, 6.07) is 11.0. The number of amides is 1. The molecule has 0 atom stereocenters. The number of esters is 1. The van der Waals surface area contributed by atoms with E-state index in [4.69, 9.17) is 9.47 Å². The Hall–Kier alpha value is -3.32. The van der Waals surface area contributed by atoms with Crippen LogP contribution in [-0.4, -0.2) is 35.7 Å². The fraction of sp³-hybridized carbons (Fsp3) is 0.296. The first-order chi connectivity index (χ1) is 16.2. The highest BCUT2D eigenvalue weighted by Crippen LogP contribution is 2.40. The molecule has 1 heterocycles. The molecule has 0 bridgehead atoms. The summed E-state index contributed by atoms with van der Waals surface area (Å²) in [6.45, 7) is 9.83. The molecule has 3 rings (SSSR count). The van der Waals surface area contributed by atoms with Crippen LogP contribution in [0.1, 0.15) is 59.3 Å². The minimum Gasteiger partial charge on any atom is -0.506 e. The van der Waals surface area contributed by atoms with E-state index in [9.17, 15) is 14.7 Å². The van der Waals surface area contributed by atoms with Crippen LogP contribution in [0, 0.1) is 13.8 Å². The Kier molecular flexibility index (Phi) is 7.99. The lowest BCUT2D eigenvalue weighted by atomic mass is 9.96. The zero-order valence-corrected chi connectivity index (χ0v) is 21.1. The van der Waals surface area contributed by atoms with Gasteiger partial charge in [0.2, 0.25) is 0 Å². The molecule has 1 aliphatic heterocycles. The van der Waals surface area contributed by atoms with E-state index in [0.29, 0.717) is 10.5 Å². The number of aryl methyl sites for hydroxylation is 2. The molecule has 1 amide bonds. The molecule has 1 aliphatic rings. The molecular weight excluding hydrogens is 450 g/mol. The number of aliphatic imine (C=N–C) groups is 1. The van der Waals surface area contributed by atoms with Gasteiger partial charge in [0.25, 0.3) is 5.91 Å². The van der Waals surface area contributed by atoms with E-state index in [1.54, 1.807) is 32.2 Å². The van der Waals surface area contributed by atoms with Crippen molar-refractivity contribution in [1.29, 1.82) is 0 Å². The number of thioether (sulfide) groups is 1. The first-order valence-electron chi connectivity index (χ1n) is 11.0. The van der Waals surface area contributed by atoms with E-state index >= 15 is 0 Å². The number of hydrogen-bond acceptors (Lipinski definition) is 6. The van der Waals surface area contributed by atoms with Crippen molar-refractivity contribution in [3.63, 3.8) is 0 Å². The lowest BCUT2D eigenvalue weighted by molar-refractivity contribution is -0.138. The molecule has 34 heavy (non-hydrogen) atoms. The second-order valence-corrected chi connectivity index (χ2v) is 9.28. The van der Waals surface area contributed by atoms with Crippen LogP contribution in [0.25, 0.3) is 6.08 Å². The maximum atomic E-state index is 12.8. The van der Waals surface area contributed by atoms with Crippen LogP contribution in [0.5, 0.6) is 5.75 Å². The van der Waals surface area contributed by atoms with Crippen molar-refractivity contribution in [1.82, 2.24) is 0 Å². The van der Waals surface area contributed by atoms with Crippen molar-refractivity contribution < 1.29 is 24.2 Å². The minimum absolute atomic E-state index is 0.103. The first kappa shape index (κ1) is 25.3. The van der Waals surface area contributed by atoms with Gasteiger partial charge in [0.15, 0.2) is 0 Å². The average molecular weight is 480 g/mol. The van der Waals surface area contributed by atoms with E-state index in [-0.39, 0.29) is 28.9 Å². The Morgan fingerprint density at radius 3 is 2.41 bits per heavy atom. The fourth-order valence-corrected chi connectivity index (χ4v) is 4.49. The van der Waals surface area contributed by atoms with Crippen LogP contribution < -0.4 is 4.74 Å². The molecule has 0 unspecified atom stereocenters. The lowest BCUT2D eigenvalue weighted by Gasteiger charge is -2.15. The van der Waals surface area contributed by atoms with Gasteiger partial charge in [-0.3, -0.25) is 4.79 Å². The molecule has 6 nitrogen and oxygen atoms in total. The summed E-state index contributed by atoms with van der Waals surface area (Å²) in [6.07, 6.45) is 1.79. The highest BCUT2D eigenvalue weighted by atomic mass is 32.2. The third-order valence-corrected chi connectivity index (χ3v) is 6.42. The van der Waals surface area contributed by atoms with E-state index < -0.39 is 11.9 Å². The van der Waals surface area contributed by atoms with Gasteiger partial charge in [-0.05, 0) is 73.7 Å². The third kappa shape index (κ3) is 5.42. The topological polar surface area (TPSA) is 85.2 Å². The molecule has 0 spiro atoms. The number of carbonyl (C=O) groups is 2. The number of ether oxygens (including phenoxy) is 2. The summed E-state index contributed by atoms with van der Waals surface area (Å²) in [7, 11) is 1.64. The van der Waals surface area contributed by atoms with E-state index in [1.807, 2.05) is 38.1 Å². The minimum atomic E-state index is -0.722. The Labute approximate surface area is 204 Å². The van der Waals surface area contributed by atoms with Crippen LogP contribution in [-0.2, 0) is 9.53 Å². The molecule has 0 fully saturated rings. The van der Waals surface area contributed by atoms with Gasteiger partial charge >= 0.3 is 5.97 Å². The number of methoxy groups -OCH3 is 1.